The number of rotatable bonds is 5. The molecule has 2 aromatic rings. The zero-order valence-electron chi connectivity index (χ0n) is 14.9. The molecule has 0 spiro atoms. The van der Waals surface area contributed by atoms with E-state index >= 15 is 0 Å². The van der Waals surface area contributed by atoms with Gasteiger partial charge in [-0.2, -0.15) is 5.26 Å². The fraction of sp³-hybridized carbons (Fsp3) is 0.333. The SMILES string of the molecule is COc1ccc(OCC2CCCN(C(=O)c3ccccc3C#N)C2)cc1. The molecule has 134 valence electrons. The molecule has 5 heteroatoms. The molecule has 3 rings (SSSR count). The molecule has 1 aliphatic heterocycles. The maximum absolute atomic E-state index is 12.8. The summed E-state index contributed by atoms with van der Waals surface area (Å²) in [6.07, 6.45) is 1.97. The van der Waals surface area contributed by atoms with Crippen LogP contribution in [0.5, 0.6) is 11.5 Å². The Labute approximate surface area is 153 Å². The first-order valence-corrected chi connectivity index (χ1v) is 8.76. The summed E-state index contributed by atoms with van der Waals surface area (Å²) in [7, 11) is 1.63. The molecule has 5 nitrogen and oxygen atoms in total. The maximum atomic E-state index is 12.8. The van der Waals surface area contributed by atoms with Gasteiger partial charge in [-0.3, -0.25) is 4.79 Å². The average Bonchev–Trinajstić information content (AvgIpc) is 2.72. The number of nitrogens with zero attached hydrogens (tertiary/aromatic N) is 2. The first-order chi connectivity index (χ1) is 12.7. The van der Waals surface area contributed by atoms with Crippen molar-refractivity contribution in [2.75, 3.05) is 26.8 Å². The Bertz CT molecular complexity index is 796. The number of ether oxygens (including phenoxy) is 2. The van der Waals surface area contributed by atoms with Crippen molar-refractivity contribution in [3.05, 3.63) is 59.7 Å². The average molecular weight is 350 g/mol. The van der Waals surface area contributed by atoms with E-state index in [1.54, 1.807) is 31.4 Å². The first-order valence-electron chi connectivity index (χ1n) is 8.76. The molecule has 1 unspecified atom stereocenters. The lowest BCUT2D eigenvalue weighted by Crippen LogP contribution is -2.41. The van der Waals surface area contributed by atoms with Crippen molar-refractivity contribution in [3.63, 3.8) is 0 Å². The minimum atomic E-state index is -0.0729. The molecule has 0 aliphatic carbocycles. The number of hydrogen-bond donors (Lipinski definition) is 0. The van der Waals surface area contributed by atoms with Gasteiger partial charge in [0, 0.05) is 19.0 Å². The van der Waals surface area contributed by atoms with Gasteiger partial charge in [0.1, 0.15) is 11.5 Å². The summed E-state index contributed by atoms with van der Waals surface area (Å²) < 4.78 is 11.0. The second kappa shape index (κ2) is 8.39. The molecule has 1 saturated heterocycles. The van der Waals surface area contributed by atoms with Gasteiger partial charge in [0.25, 0.3) is 5.91 Å². The van der Waals surface area contributed by atoms with Crippen molar-refractivity contribution in [2.45, 2.75) is 12.8 Å². The largest absolute Gasteiger partial charge is 0.497 e. The van der Waals surface area contributed by atoms with E-state index in [-0.39, 0.29) is 11.8 Å². The fourth-order valence-corrected chi connectivity index (χ4v) is 3.21. The van der Waals surface area contributed by atoms with Crippen molar-refractivity contribution in [1.29, 1.82) is 5.26 Å². The quantitative estimate of drug-likeness (QED) is 0.828. The van der Waals surface area contributed by atoms with Crippen LogP contribution in [0.1, 0.15) is 28.8 Å². The van der Waals surface area contributed by atoms with E-state index < -0.39 is 0 Å². The molecular weight excluding hydrogens is 328 g/mol. The van der Waals surface area contributed by atoms with Gasteiger partial charge in [-0.25, -0.2) is 0 Å². The van der Waals surface area contributed by atoms with Crippen LogP contribution in [0.4, 0.5) is 0 Å². The predicted molar refractivity (Wildman–Crippen MR) is 98.3 cm³/mol. The van der Waals surface area contributed by atoms with Crippen molar-refractivity contribution in [1.82, 2.24) is 4.90 Å². The number of amides is 1. The van der Waals surface area contributed by atoms with Gasteiger partial charge in [0.2, 0.25) is 0 Å². The zero-order chi connectivity index (χ0) is 18.4. The summed E-state index contributed by atoms with van der Waals surface area (Å²) in [5.41, 5.74) is 0.904. The van der Waals surface area contributed by atoms with E-state index in [0.717, 1.165) is 30.9 Å². The number of methoxy groups -OCH3 is 1. The molecule has 0 saturated carbocycles. The highest BCUT2D eigenvalue weighted by molar-refractivity contribution is 5.96. The highest BCUT2D eigenvalue weighted by Gasteiger charge is 2.26. The van der Waals surface area contributed by atoms with Crippen LogP contribution in [0.2, 0.25) is 0 Å². The number of nitriles is 1. The lowest BCUT2D eigenvalue weighted by molar-refractivity contribution is 0.0633. The van der Waals surface area contributed by atoms with E-state index in [1.165, 1.54) is 0 Å². The molecule has 2 aromatic carbocycles. The van der Waals surface area contributed by atoms with E-state index in [2.05, 4.69) is 6.07 Å². The highest BCUT2D eigenvalue weighted by atomic mass is 16.5. The van der Waals surface area contributed by atoms with Crippen LogP contribution in [0.25, 0.3) is 0 Å². The summed E-state index contributed by atoms with van der Waals surface area (Å²) in [6, 6.07) is 16.6. The molecule has 1 atom stereocenters. The van der Waals surface area contributed by atoms with E-state index in [9.17, 15) is 10.1 Å². The van der Waals surface area contributed by atoms with Gasteiger partial charge in [0.15, 0.2) is 0 Å². The first kappa shape index (κ1) is 17.8. The minimum Gasteiger partial charge on any atom is -0.497 e. The highest BCUT2D eigenvalue weighted by Crippen LogP contribution is 2.22. The molecule has 26 heavy (non-hydrogen) atoms. The third-order valence-electron chi connectivity index (χ3n) is 4.63. The Balaban J connectivity index is 1.60. The zero-order valence-corrected chi connectivity index (χ0v) is 14.9. The van der Waals surface area contributed by atoms with Crippen LogP contribution in [0.15, 0.2) is 48.5 Å². The van der Waals surface area contributed by atoms with Gasteiger partial charge in [-0.15, -0.1) is 0 Å². The Morgan fingerprint density at radius 1 is 1.19 bits per heavy atom. The van der Waals surface area contributed by atoms with Crippen LogP contribution < -0.4 is 9.47 Å². The lowest BCUT2D eigenvalue weighted by Gasteiger charge is -2.33. The number of hydrogen-bond acceptors (Lipinski definition) is 4. The van der Waals surface area contributed by atoms with Crippen molar-refractivity contribution in [2.24, 2.45) is 5.92 Å². The number of likely N-dealkylation sites (tertiary alicyclic amines) is 1. The molecule has 0 aromatic heterocycles. The van der Waals surface area contributed by atoms with E-state index in [1.807, 2.05) is 29.2 Å². The van der Waals surface area contributed by atoms with Crippen LogP contribution in [-0.2, 0) is 0 Å². The smallest absolute Gasteiger partial charge is 0.255 e. The van der Waals surface area contributed by atoms with Gasteiger partial charge >= 0.3 is 0 Å². The monoisotopic (exact) mass is 350 g/mol. The molecule has 0 radical (unpaired) electrons. The van der Waals surface area contributed by atoms with Gasteiger partial charge in [0.05, 0.1) is 30.9 Å². The van der Waals surface area contributed by atoms with Crippen molar-refractivity contribution < 1.29 is 14.3 Å². The summed E-state index contributed by atoms with van der Waals surface area (Å²) in [6.45, 7) is 1.93. The normalized spacial score (nSPS) is 16.6. The van der Waals surface area contributed by atoms with Gasteiger partial charge < -0.3 is 14.4 Å². The molecular formula is C21H22N2O3. The summed E-state index contributed by atoms with van der Waals surface area (Å²) in [5.74, 6) is 1.80. The lowest BCUT2D eigenvalue weighted by atomic mass is 9.97. The standard InChI is InChI=1S/C21H22N2O3/c1-25-18-8-10-19(11-9-18)26-15-16-5-4-12-23(14-16)21(24)20-7-3-2-6-17(20)13-22/h2-3,6-11,16H,4-5,12,14-15H2,1H3. The second-order valence-corrected chi connectivity index (χ2v) is 6.40. The maximum Gasteiger partial charge on any atom is 0.255 e. The van der Waals surface area contributed by atoms with Gasteiger partial charge in [-0.1, -0.05) is 12.1 Å². The van der Waals surface area contributed by atoms with Crippen LogP contribution >= 0.6 is 0 Å². The van der Waals surface area contributed by atoms with Crippen LogP contribution in [-0.4, -0.2) is 37.6 Å². The molecule has 1 aliphatic rings. The number of carbonyl (C=O) groups excluding carboxylic acids is 1. The second-order valence-electron chi connectivity index (χ2n) is 6.40. The summed E-state index contributed by atoms with van der Waals surface area (Å²) in [5, 5.41) is 9.22. The minimum absolute atomic E-state index is 0.0729. The topological polar surface area (TPSA) is 62.6 Å². The molecule has 1 fully saturated rings. The third kappa shape index (κ3) is 4.15. The van der Waals surface area contributed by atoms with Crippen molar-refractivity contribution >= 4 is 5.91 Å². The number of carbonyl (C=O) groups is 1. The Hall–Kier alpha value is -3.00. The van der Waals surface area contributed by atoms with E-state index in [0.29, 0.717) is 24.3 Å². The molecule has 0 N–H and O–H groups in total. The molecule has 1 amide bonds. The summed E-state index contributed by atoms with van der Waals surface area (Å²) >= 11 is 0. The molecule has 1 heterocycles. The Morgan fingerprint density at radius 2 is 1.92 bits per heavy atom. The van der Waals surface area contributed by atoms with Crippen LogP contribution in [0, 0.1) is 17.2 Å². The third-order valence-corrected chi connectivity index (χ3v) is 4.63. The van der Waals surface area contributed by atoms with Gasteiger partial charge in [-0.05, 0) is 49.2 Å². The summed E-state index contributed by atoms with van der Waals surface area (Å²) in [4.78, 5) is 14.6. The number of benzene rings is 2. The van der Waals surface area contributed by atoms with Crippen LogP contribution in [0.3, 0.4) is 0 Å². The van der Waals surface area contributed by atoms with E-state index in [4.69, 9.17) is 9.47 Å². The Morgan fingerprint density at radius 3 is 2.65 bits per heavy atom. The molecule has 0 bridgehead atoms. The Kier molecular flexibility index (Phi) is 5.75. The fourth-order valence-electron chi connectivity index (χ4n) is 3.21. The number of piperidine rings is 1. The predicted octanol–water partition coefficient (Wildman–Crippen LogP) is 3.50. The van der Waals surface area contributed by atoms with Crippen molar-refractivity contribution in [3.8, 4) is 17.6 Å².